The Labute approximate surface area is 193 Å². The van der Waals surface area contributed by atoms with E-state index in [0.29, 0.717) is 0 Å². The molecule has 0 heterocycles. The Bertz CT molecular complexity index is 989. The number of hydrogen-bond donors (Lipinski definition) is 2. The predicted octanol–water partition coefficient (Wildman–Crippen LogP) is 5.24. The van der Waals surface area contributed by atoms with Gasteiger partial charge in [-0.05, 0) is 36.1 Å². The van der Waals surface area contributed by atoms with E-state index in [1.165, 1.54) is 24.3 Å². The van der Waals surface area contributed by atoms with Gasteiger partial charge in [0.1, 0.15) is 11.6 Å². The topological polar surface area (TPSA) is 89.3 Å². The lowest BCUT2D eigenvalue weighted by Crippen LogP contribution is -2.41. The largest absolute Gasteiger partial charge is 0.352 e. The SMILES string of the molecule is CC(C)(C)C(=O)c1ccc(CC(Cc2ccc(C(=O)C(C)(C)C)cc2F)NC(N)=O)c(F)c1. The van der Waals surface area contributed by atoms with Crippen LogP contribution in [0.5, 0.6) is 0 Å². The van der Waals surface area contributed by atoms with Crippen molar-refractivity contribution in [2.75, 3.05) is 0 Å². The van der Waals surface area contributed by atoms with E-state index in [1.54, 1.807) is 53.7 Å². The molecule has 2 amide bonds. The van der Waals surface area contributed by atoms with E-state index in [-0.39, 0.29) is 46.7 Å². The standard InChI is InChI=1S/C26H32F2N2O3/c1-25(2,3)22(31)17-9-7-15(20(27)13-17)11-19(30-24(29)33)12-16-8-10-18(14-21(16)28)23(32)26(4,5)6/h7-10,13-14,19H,11-12H2,1-6H3,(H3,29,30,33). The van der Waals surface area contributed by atoms with Crippen LogP contribution in [-0.4, -0.2) is 23.6 Å². The molecule has 0 aliphatic heterocycles. The minimum absolute atomic E-state index is 0.0425. The van der Waals surface area contributed by atoms with Gasteiger partial charge in [0.25, 0.3) is 0 Å². The second kappa shape index (κ2) is 9.81. The average molecular weight is 459 g/mol. The van der Waals surface area contributed by atoms with Crippen molar-refractivity contribution in [2.45, 2.75) is 60.4 Å². The molecular weight excluding hydrogens is 426 g/mol. The van der Waals surface area contributed by atoms with Gasteiger partial charge in [-0.15, -0.1) is 0 Å². The highest BCUT2D eigenvalue weighted by molar-refractivity contribution is 6.00. The van der Waals surface area contributed by atoms with E-state index in [1.807, 2.05) is 0 Å². The average Bonchev–Trinajstić information content (AvgIpc) is 2.67. The molecule has 33 heavy (non-hydrogen) atoms. The second-order valence-corrected chi connectivity index (χ2v) is 10.4. The fraction of sp³-hybridized carbons (Fsp3) is 0.423. The van der Waals surface area contributed by atoms with Gasteiger partial charge in [0.2, 0.25) is 0 Å². The summed E-state index contributed by atoms with van der Waals surface area (Å²) < 4.78 is 29.5. The van der Waals surface area contributed by atoms with E-state index in [2.05, 4.69) is 5.32 Å². The van der Waals surface area contributed by atoms with Crippen molar-refractivity contribution in [3.8, 4) is 0 Å². The Balaban J connectivity index is 2.27. The molecule has 0 aromatic heterocycles. The number of halogens is 2. The summed E-state index contributed by atoms with van der Waals surface area (Å²) in [7, 11) is 0. The zero-order chi connectivity index (χ0) is 25.1. The van der Waals surface area contributed by atoms with Crippen molar-refractivity contribution >= 4 is 17.6 Å². The molecule has 2 aromatic carbocycles. The highest BCUT2D eigenvalue weighted by Gasteiger charge is 2.26. The molecule has 0 bridgehead atoms. The molecule has 0 aliphatic carbocycles. The van der Waals surface area contributed by atoms with Gasteiger partial charge in [-0.3, -0.25) is 9.59 Å². The second-order valence-electron chi connectivity index (χ2n) is 10.4. The zero-order valence-corrected chi connectivity index (χ0v) is 20.0. The Hall–Kier alpha value is -3.09. The van der Waals surface area contributed by atoms with Gasteiger partial charge in [0, 0.05) is 28.0 Å². The summed E-state index contributed by atoms with van der Waals surface area (Å²) >= 11 is 0. The number of rotatable bonds is 7. The maximum absolute atomic E-state index is 14.8. The molecule has 7 heteroatoms. The van der Waals surface area contributed by atoms with E-state index in [0.717, 1.165) is 0 Å². The van der Waals surface area contributed by atoms with Gasteiger partial charge in [-0.2, -0.15) is 0 Å². The van der Waals surface area contributed by atoms with Crippen LogP contribution < -0.4 is 11.1 Å². The summed E-state index contributed by atoms with van der Waals surface area (Å²) in [5.41, 5.74) is 5.01. The Morgan fingerprint density at radius 1 is 0.788 bits per heavy atom. The number of ketones is 2. The quantitative estimate of drug-likeness (QED) is 0.556. The van der Waals surface area contributed by atoms with Crippen molar-refractivity contribution < 1.29 is 23.2 Å². The molecule has 0 saturated heterocycles. The number of amides is 2. The lowest BCUT2D eigenvalue weighted by Gasteiger charge is -2.21. The number of urea groups is 1. The van der Waals surface area contributed by atoms with Crippen LogP contribution in [0, 0.1) is 22.5 Å². The van der Waals surface area contributed by atoms with Crippen molar-refractivity contribution in [3.63, 3.8) is 0 Å². The molecule has 2 rings (SSSR count). The number of nitrogens with two attached hydrogens (primary N) is 1. The van der Waals surface area contributed by atoms with Crippen molar-refractivity contribution in [1.82, 2.24) is 5.32 Å². The molecule has 0 radical (unpaired) electrons. The Kier molecular flexibility index (Phi) is 7.78. The molecule has 5 nitrogen and oxygen atoms in total. The molecule has 0 atom stereocenters. The van der Waals surface area contributed by atoms with Gasteiger partial charge < -0.3 is 11.1 Å². The first-order chi connectivity index (χ1) is 15.1. The van der Waals surface area contributed by atoms with Crippen LogP contribution in [0.1, 0.15) is 73.4 Å². The summed E-state index contributed by atoms with van der Waals surface area (Å²) in [5.74, 6) is -1.56. The third kappa shape index (κ3) is 6.94. The molecule has 0 unspecified atom stereocenters. The predicted molar refractivity (Wildman–Crippen MR) is 124 cm³/mol. The van der Waals surface area contributed by atoms with Gasteiger partial charge in [0.15, 0.2) is 11.6 Å². The van der Waals surface area contributed by atoms with Gasteiger partial charge >= 0.3 is 6.03 Å². The first-order valence-corrected chi connectivity index (χ1v) is 10.8. The van der Waals surface area contributed by atoms with E-state index < -0.39 is 34.5 Å². The van der Waals surface area contributed by atoms with Crippen LogP contribution in [-0.2, 0) is 12.8 Å². The Morgan fingerprint density at radius 3 is 1.42 bits per heavy atom. The van der Waals surface area contributed by atoms with Crippen LogP contribution in [0.4, 0.5) is 13.6 Å². The number of carbonyl (C=O) groups is 3. The summed E-state index contributed by atoms with van der Waals surface area (Å²) in [6, 6.07) is 6.91. The van der Waals surface area contributed by atoms with E-state index in [9.17, 15) is 23.2 Å². The highest BCUT2D eigenvalue weighted by Crippen LogP contribution is 2.25. The number of benzene rings is 2. The number of nitrogens with one attached hydrogen (secondary N) is 1. The third-order valence-electron chi connectivity index (χ3n) is 5.27. The third-order valence-corrected chi connectivity index (χ3v) is 5.27. The van der Waals surface area contributed by atoms with Gasteiger partial charge in [0.05, 0.1) is 0 Å². The number of hydrogen-bond acceptors (Lipinski definition) is 3. The summed E-state index contributed by atoms with van der Waals surface area (Å²) in [4.78, 5) is 36.3. The Morgan fingerprint density at radius 2 is 1.15 bits per heavy atom. The molecule has 0 saturated carbocycles. The van der Waals surface area contributed by atoms with Crippen LogP contribution >= 0.6 is 0 Å². The molecule has 178 valence electrons. The number of Topliss-reactive ketones (excluding diaryl/α,β-unsaturated/α-hetero) is 2. The molecule has 0 aliphatic rings. The monoisotopic (exact) mass is 458 g/mol. The van der Waals surface area contributed by atoms with Crippen LogP contribution in [0.15, 0.2) is 36.4 Å². The van der Waals surface area contributed by atoms with Gasteiger partial charge in [-0.1, -0.05) is 65.8 Å². The molecule has 0 fully saturated rings. The van der Waals surface area contributed by atoms with Crippen LogP contribution in [0.2, 0.25) is 0 Å². The van der Waals surface area contributed by atoms with Gasteiger partial charge in [-0.25, -0.2) is 13.6 Å². The summed E-state index contributed by atoms with van der Waals surface area (Å²) in [5, 5.41) is 2.53. The lowest BCUT2D eigenvalue weighted by molar-refractivity contribution is 0.0852. The lowest BCUT2D eigenvalue weighted by atomic mass is 9.85. The molecule has 2 aromatic rings. The smallest absolute Gasteiger partial charge is 0.312 e. The van der Waals surface area contributed by atoms with Crippen molar-refractivity contribution in [3.05, 3.63) is 70.3 Å². The summed E-state index contributed by atoms with van der Waals surface area (Å²) in [6.07, 6.45) is 0.0851. The van der Waals surface area contributed by atoms with Crippen LogP contribution in [0.25, 0.3) is 0 Å². The number of primary amides is 1. The first kappa shape index (κ1) is 26.2. The van der Waals surface area contributed by atoms with E-state index >= 15 is 0 Å². The highest BCUT2D eigenvalue weighted by atomic mass is 19.1. The molecule has 0 spiro atoms. The fourth-order valence-electron chi connectivity index (χ4n) is 3.48. The minimum atomic E-state index is -0.820. The first-order valence-electron chi connectivity index (χ1n) is 10.8. The summed E-state index contributed by atoms with van der Waals surface area (Å²) in [6.45, 7) is 10.5. The van der Waals surface area contributed by atoms with Crippen molar-refractivity contribution in [2.24, 2.45) is 16.6 Å². The maximum atomic E-state index is 14.8. The van der Waals surface area contributed by atoms with Crippen LogP contribution in [0.3, 0.4) is 0 Å². The van der Waals surface area contributed by atoms with E-state index in [4.69, 9.17) is 5.73 Å². The zero-order valence-electron chi connectivity index (χ0n) is 20.0. The van der Waals surface area contributed by atoms with Crippen molar-refractivity contribution in [1.29, 1.82) is 0 Å². The molecule has 3 N–H and O–H groups in total. The minimum Gasteiger partial charge on any atom is -0.352 e. The molecular formula is C26H32F2N2O3. The fourth-order valence-corrected chi connectivity index (χ4v) is 3.48. The number of carbonyl (C=O) groups excluding carboxylic acids is 3. The maximum Gasteiger partial charge on any atom is 0.312 e. The normalized spacial score (nSPS) is 12.0.